The molecule has 1 aromatic carbocycles. The molecule has 0 spiro atoms. The molecule has 22 heavy (non-hydrogen) atoms. The van der Waals surface area contributed by atoms with Crippen LogP contribution in [0, 0.1) is 0 Å². The molecule has 1 fully saturated rings. The molecule has 0 aromatic heterocycles. The number of amides is 1. The van der Waals surface area contributed by atoms with E-state index in [4.69, 9.17) is 4.74 Å². The number of ether oxygens (including phenoxy) is 1. The molecule has 0 bridgehead atoms. The largest absolute Gasteiger partial charge is 0.446 e. The van der Waals surface area contributed by atoms with Gasteiger partial charge in [-0.1, -0.05) is 19.8 Å². The minimum Gasteiger partial charge on any atom is -0.446 e. The van der Waals surface area contributed by atoms with E-state index >= 15 is 0 Å². The van der Waals surface area contributed by atoms with Crippen LogP contribution >= 0.6 is 0 Å². The lowest BCUT2D eigenvalue weighted by Gasteiger charge is -2.16. The van der Waals surface area contributed by atoms with Gasteiger partial charge in [-0.25, -0.2) is 13.2 Å². The molecule has 0 aliphatic heterocycles. The third-order valence-electron chi connectivity index (χ3n) is 3.92. The second-order valence-corrected chi connectivity index (χ2v) is 7.85. The van der Waals surface area contributed by atoms with Gasteiger partial charge in [0.25, 0.3) is 0 Å². The number of anilines is 1. The third kappa shape index (κ3) is 4.73. The minimum atomic E-state index is -3.21. The Balaban J connectivity index is 1.91. The maximum Gasteiger partial charge on any atom is 0.411 e. The first-order valence-corrected chi connectivity index (χ1v) is 9.47. The summed E-state index contributed by atoms with van der Waals surface area (Å²) < 4.78 is 28.9. The molecular weight excluding hydrogens is 302 g/mol. The van der Waals surface area contributed by atoms with Gasteiger partial charge in [-0.2, -0.15) is 0 Å². The van der Waals surface area contributed by atoms with Crippen LogP contribution in [0.3, 0.4) is 0 Å². The Bertz CT molecular complexity index is 587. The molecule has 1 amide bonds. The number of carbonyl (C=O) groups excluding carboxylic acids is 1. The fraction of sp³-hybridized carbons (Fsp3) is 0.562. The molecule has 1 N–H and O–H groups in total. The van der Waals surface area contributed by atoms with E-state index in [0.717, 1.165) is 25.7 Å². The molecule has 0 unspecified atom stereocenters. The van der Waals surface area contributed by atoms with Crippen molar-refractivity contribution in [1.29, 1.82) is 0 Å². The Labute approximate surface area is 132 Å². The van der Waals surface area contributed by atoms with Crippen molar-refractivity contribution in [1.82, 2.24) is 0 Å². The number of carbonyl (C=O) groups is 1. The summed E-state index contributed by atoms with van der Waals surface area (Å²) in [5.74, 6) is 0.0590. The smallest absolute Gasteiger partial charge is 0.411 e. The van der Waals surface area contributed by atoms with Crippen LogP contribution < -0.4 is 5.32 Å². The van der Waals surface area contributed by atoms with Crippen LogP contribution in [0.25, 0.3) is 0 Å². The molecule has 6 heteroatoms. The Hall–Kier alpha value is -1.56. The minimum absolute atomic E-state index is 0.0118. The van der Waals surface area contributed by atoms with Crippen molar-refractivity contribution in [3.8, 4) is 0 Å². The van der Waals surface area contributed by atoms with Crippen molar-refractivity contribution in [2.75, 3.05) is 11.1 Å². The molecule has 1 aliphatic rings. The molecule has 122 valence electrons. The van der Waals surface area contributed by atoms with Crippen LogP contribution in [-0.4, -0.2) is 26.4 Å². The van der Waals surface area contributed by atoms with Gasteiger partial charge in [0.1, 0.15) is 6.10 Å². The molecule has 5 nitrogen and oxygen atoms in total. The molecule has 1 aliphatic carbocycles. The van der Waals surface area contributed by atoms with Crippen molar-refractivity contribution in [3.05, 3.63) is 24.3 Å². The number of sulfone groups is 1. The maximum atomic E-state index is 11.9. The Morgan fingerprint density at radius 2 is 1.73 bits per heavy atom. The van der Waals surface area contributed by atoms with Crippen molar-refractivity contribution < 1.29 is 17.9 Å². The SMILES string of the molecule is CCS(=O)(=O)c1ccc(NC(=O)OC2CCCCCC2)cc1. The first-order valence-electron chi connectivity index (χ1n) is 7.82. The topological polar surface area (TPSA) is 72.5 Å². The van der Waals surface area contributed by atoms with Gasteiger partial charge in [0, 0.05) is 5.69 Å². The molecule has 0 saturated heterocycles. The summed E-state index contributed by atoms with van der Waals surface area (Å²) in [4.78, 5) is 12.1. The van der Waals surface area contributed by atoms with Gasteiger partial charge in [0.15, 0.2) is 9.84 Å². The van der Waals surface area contributed by atoms with Gasteiger partial charge >= 0.3 is 6.09 Å². The Morgan fingerprint density at radius 3 is 2.27 bits per heavy atom. The van der Waals surface area contributed by atoms with Gasteiger partial charge in [-0.3, -0.25) is 5.32 Å². The van der Waals surface area contributed by atoms with E-state index in [0.29, 0.717) is 5.69 Å². The zero-order chi connectivity index (χ0) is 16.0. The van der Waals surface area contributed by atoms with E-state index in [-0.39, 0.29) is 16.8 Å². The van der Waals surface area contributed by atoms with Gasteiger partial charge in [0.05, 0.1) is 10.6 Å². The molecular formula is C16H23NO4S. The predicted octanol–water partition coefficient (Wildman–Crippen LogP) is 3.75. The molecule has 0 radical (unpaired) electrons. The summed E-state index contributed by atoms with van der Waals surface area (Å²) in [5.41, 5.74) is 0.536. The first kappa shape index (κ1) is 16.8. The van der Waals surface area contributed by atoms with Crippen LogP contribution in [-0.2, 0) is 14.6 Å². The first-order chi connectivity index (χ1) is 10.5. The lowest BCUT2D eigenvalue weighted by molar-refractivity contribution is 0.101. The Kier molecular flexibility index (Phi) is 5.83. The standard InChI is InChI=1S/C16H23NO4S/c1-2-22(19,20)15-11-9-13(10-12-15)17-16(18)21-14-7-5-3-4-6-8-14/h9-12,14H,2-8H2,1H3,(H,17,18). The van der Waals surface area contributed by atoms with E-state index in [1.807, 2.05) is 0 Å². The van der Waals surface area contributed by atoms with Gasteiger partial charge < -0.3 is 4.74 Å². The number of hydrogen-bond acceptors (Lipinski definition) is 4. The number of rotatable bonds is 4. The van der Waals surface area contributed by atoms with Crippen LogP contribution in [0.15, 0.2) is 29.2 Å². The summed E-state index contributed by atoms with van der Waals surface area (Å²) in [6.45, 7) is 1.60. The van der Waals surface area contributed by atoms with Gasteiger partial charge in [-0.15, -0.1) is 0 Å². The highest BCUT2D eigenvalue weighted by Crippen LogP contribution is 2.21. The highest BCUT2D eigenvalue weighted by Gasteiger charge is 2.17. The van der Waals surface area contributed by atoms with Crippen molar-refractivity contribution in [2.24, 2.45) is 0 Å². The molecule has 1 aromatic rings. The molecule has 2 rings (SSSR count). The van der Waals surface area contributed by atoms with Gasteiger partial charge in [-0.05, 0) is 49.9 Å². The third-order valence-corrected chi connectivity index (χ3v) is 5.67. The van der Waals surface area contributed by atoms with Crippen molar-refractivity contribution in [2.45, 2.75) is 56.4 Å². The van der Waals surface area contributed by atoms with E-state index in [1.165, 1.54) is 25.0 Å². The van der Waals surface area contributed by atoms with E-state index in [1.54, 1.807) is 19.1 Å². The zero-order valence-electron chi connectivity index (χ0n) is 12.9. The summed E-state index contributed by atoms with van der Waals surface area (Å²) in [5, 5.41) is 2.65. The molecule has 0 heterocycles. The van der Waals surface area contributed by atoms with Crippen molar-refractivity contribution >= 4 is 21.6 Å². The molecule has 1 saturated carbocycles. The summed E-state index contributed by atoms with van der Waals surface area (Å²) in [6.07, 6.45) is 5.95. The van der Waals surface area contributed by atoms with E-state index < -0.39 is 15.9 Å². The fourth-order valence-corrected chi connectivity index (χ4v) is 3.45. The maximum absolute atomic E-state index is 11.9. The number of nitrogens with one attached hydrogen (secondary N) is 1. The second-order valence-electron chi connectivity index (χ2n) is 5.57. The van der Waals surface area contributed by atoms with E-state index in [2.05, 4.69) is 5.32 Å². The normalized spacial score (nSPS) is 16.8. The number of benzene rings is 1. The zero-order valence-corrected chi connectivity index (χ0v) is 13.7. The average Bonchev–Trinajstić information content (AvgIpc) is 2.76. The van der Waals surface area contributed by atoms with Crippen molar-refractivity contribution in [3.63, 3.8) is 0 Å². The summed E-state index contributed by atoms with van der Waals surface area (Å²) in [7, 11) is -3.21. The van der Waals surface area contributed by atoms with Crippen LogP contribution in [0.4, 0.5) is 10.5 Å². The fourth-order valence-electron chi connectivity index (χ4n) is 2.57. The highest BCUT2D eigenvalue weighted by molar-refractivity contribution is 7.91. The monoisotopic (exact) mass is 325 g/mol. The second kappa shape index (κ2) is 7.63. The lowest BCUT2D eigenvalue weighted by Crippen LogP contribution is -2.22. The highest BCUT2D eigenvalue weighted by atomic mass is 32.2. The lowest BCUT2D eigenvalue weighted by atomic mass is 10.2. The average molecular weight is 325 g/mol. The van der Waals surface area contributed by atoms with Crippen LogP contribution in [0.5, 0.6) is 0 Å². The summed E-state index contributed by atoms with van der Waals surface area (Å²) in [6, 6.07) is 6.16. The predicted molar refractivity (Wildman–Crippen MR) is 85.8 cm³/mol. The van der Waals surface area contributed by atoms with Gasteiger partial charge in [0.2, 0.25) is 0 Å². The molecule has 0 atom stereocenters. The summed E-state index contributed by atoms with van der Waals surface area (Å²) >= 11 is 0. The van der Waals surface area contributed by atoms with Crippen LogP contribution in [0.1, 0.15) is 45.4 Å². The van der Waals surface area contributed by atoms with Crippen LogP contribution in [0.2, 0.25) is 0 Å². The quantitative estimate of drug-likeness (QED) is 0.856. The number of hydrogen-bond donors (Lipinski definition) is 1. The Morgan fingerprint density at radius 1 is 1.14 bits per heavy atom. The van der Waals surface area contributed by atoms with E-state index in [9.17, 15) is 13.2 Å².